The third kappa shape index (κ3) is 2.47. The quantitative estimate of drug-likeness (QED) is 0.490. The fourth-order valence-electron chi connectivity index (χ4n) is 2.16. The number of allylic oxidation sites excluding steroid dienone is 1. The van der Waals surface area contributed by atoms with E-state index in [1.165, 1.54) is 0 Å². The Balaban J connectivity index is 2.73. The number of hydrogen-bond donors (Lipinski definition) is 0. The van der Waals surface area contributed by atoms with Crippen LogP contribution in [0, 0.1) is 45.9 Å². The lowest BCUT2D eigenvalue weighted by molar-refractivity contribution is 0.473. The number of hydrogen-bond acceptors (Lipinski definition) is 5. The van der Waals surface area contributed by atoms with E-state index in [9.17, 15) is 5.26 Å². The number of nitrogens with zero attached hydrogens (tertiary/aromatic N) is 2. The van der Waals surface area contributed by atoms with Gasteiger partial charge in [-0.3, -0.25) is 0 Å². The maximum absolute atomic E-state index is 9.48. The molecule has 0 saturated heterocycles. The summed E-state index contributed by atoms with van der Waals surface area (Å²) in [5.74, 6) is 2.33. The van der Waals surface area contributed by atoms with Gasteiger partial charge < -0.3 is 13.5 Å². The Labute approximate surface area is 124 Å². The molecule has 0 bridgehead atoms. The zero-order valence-electron chi connectivity index (χ0n) is 12.7. The Hall–Kier alpha value is -2.42. The summed E-state index contributed by atoms with van der Waals surface area (Å²) in [6.07, 6.45) is 0. The van der Waals surface area contributed by atoms with Gasteiger partial charge in [-0.15, -0.1) is 0 Å². The van der Waals surface area contributed by atoms with Gasteiger partial charge in [-0.1, -0.05) is 0 Å². The minimum atomic E-state index is 0.155. The van der Waals surface area contributed by atoms with Gasteiger partial charge in [-0.05, 0) is 33.3 Å². The highest BCUT2D eigenvalue weighted by Crippen LogP contribution is 2.33. The fraction of sp³-hybridized carbons (Fsp3) is 0.333. The molecule has 0 atom stereocenters. The molecule has 2 heterocycles. The van der Waals surface area contributed by atoms with E-state index in [4.69, 9.17) is 21.5 Å². The standard InChI is InChI=1S/C15H15BN2O3/c1-7-8(2)14(20-9(7)3)15(21-16)12(6-17)13-10(4)19-11(5)18-13/h1-5H3. The maximum atomic E-state index is 9.48. The first kappa shape index (κ1) is 15.0. The normalized spacial score (nSPS) is 12.0. The van der Waals surface area contributed by atoms with Crippen LogP contribution in [-0.2, 0) is 4.65 Å². The highest BCUT2D eigenvalue weighted by molar-refractivity contribution is 6.06. The molecule has 0 fully saturated rings. The summed E-state index contributed by atoms with van der Waals surface area (Å²) < 4.78 is 16.0. The average Bonchev–Trinajstić information content (AvgIpc) is 2.90. The Morgan fingerprint density at radius 1 is 1.10 bits per heavy atom. The summed E-state index contributed by atoms with van der Waals surface area (Å²) in [6.45, 7) is 9.10. The topological polar surface area (TPSA) is 72.2 Å². The molecule has 5 nitrogen and oxygen atoms in total. The number of aryl methyl sites for hydroxylation is 3. The summed E-state index contributed by atoms with van der Waals surface area (Å²) in [6, 6.07) is 2.07. The molecular formula is C15H15BN2O3. The highest BCUT2D eigenvalue weighted by atomic mass is 16.4. The lowest BCUT2D eigenvalue weighted by atomic mass is 10.1. The van der Waals surface area contributed by atoms with Crippen LogP contribution in [0.2, 0.25) is 0 Å². The van der Waals surface area contributed by atoms with Gasteiger partial charge in [0.25, 0.3) is 0 Å². The molecule has 0 N–H and O–H groups in total. The van der Waals surface area contributed by atoms with Crippen molar-refractivity contribution < 1.29 is 13.5 Å². The van der Waals surface area contributed by atoms with E-state index in [1.807, 2.05) is 20.8 Å². The van der Waals surface area contributed by atoms with Crippen LogP contribution < -0.4 is 0 Å². The molecule has 0 aliphatic heterocycles. The van der Waals surface area contributed by atoms with Gasteiger partial charge in [0.1, 0.15) is 28.9 Å². The zero-order chi connectivity index (χ0) is 15.7. The molecule has 0 spiro atoms. The van der Waals surface area contributed by atoms with Crippen LogP contribution in [0.15, 0.2) is 8.83 Å². The average molecular weight is 282 g/mol. The molecule has 2 radical (unpaired) electrons. The van der Waals surface area contributed by atoms with Gasteiger partial charge >= 0.3 is 8.05 Å². The van der Waals surface area contributed by atoms with Crippen molar-refractivity contribution in [3.8, 4) is 6.07 Å². The molecule has 0 amide bonds. The first-order valence-electron chi connectivity index (χ1n) is 6.43. The zero-order valence-corrected chi connectivity index (χ0v) is 12.7. The molecule has 21 heavy (non-hydrogen) atoms. The number of aromatic nitrogens is 1. The Morgan fingerprint density at radius 2 is 1.76 bits per heavy atom. The summed E-state index contributed by atoms with van der Waals surface area (Å²) in [4.78, 5) is 4.21. The summed E-state index contributed by atoms with van der Waals surface area (Å²) in [5, 5.41) is 9.48. The van der Waals surface area contributed by atoms with Crippen molar-refractivity contribution in [3.63, 3.8) is 0 Å². The Kier molecular flexibility index (Phi) is 3.94. The van der Waals surface area contributed by atoms with Gasteiger partial charge in [0, 0.05) is 12.5 Å². The van der Waals surface area contributed by atoms with Crippen molar-refractivity contribution in [2.75, 3.05) is 0 Å². The number of nitriles is 1. The van der Waals surface area contributed by atoms with Crippen LogP contribution in [0.1, 0.15) is 40.0 Å². The van der Waals surface area contributed by atoms with Crippen LogP contribution in [0.5, 0.6) is 0 Å². The molecule has 0 aliphatic carbocycles. The predicted molar refractivity (Wildman–Crippen MR) is 78.2 cm³/mol. The van der Waals surface area contributed by atoms with E-state index in [2.05, 4.69) is 11.1 Å². The van der Waals surface area contributed by atoms with E-state index in [-0.39, 0.29) is 11.3 Å². The Bertz CT molecular complexity index is 763. The third-order valence-corrected chi connectivity index (χ3v) is 3.49. The lowest BCUT2D eigenvalue weighted by Crippen LogP contribution is -1.97. The molecule has 0 unspecified atom stereocenters. The van der Waals surface area contributed by atoms with Crippen LogP contribution in [0.4, 0.5) is 0 Å². The monoisotopic (exact) mass is 282 g/mol. The molecule has 0 saturated carbocycles. The predicted octanol–water partition coefficient (Wildman–Crippen LogP) is 3.30. The van der Waals surface area contributed by atoms with Crippen molar-refractivity contribution >= 4 is 19.4 Å². The molecule has 106 valence electrons. The minimum Gasteiger partial charge on any atom is -0.564 e. The molecular weight excluding hydrogens is 267 g/mol. The van der Waals surface area contributed by atoms with Gasteiger partial charge in [0.2, 0.25) is 0 Å². The third-order valence-electron chi connectivity index (χ3n) is 3.49. The second-order valence-electron chi connectivity index (χ2n) is 4.81. The molecule has 0 aromatic carbocycles. The van der Waals surface area contributed by atoms with Crippen molar-refractivity contribution in [2.24, 2.45) is 0 Å². The minimum absolute atomic E-state index is 0.155. The van der Waals surface area contributed by atoms with E-state index in [0.717, 1.165) is 16.9 Å². The van der Waals surface area contributed by atoms with Gasteiger partial charge in [-0.25, -0.2) is 4.98 Å². The fourth-order valence-corrected chi connectivity index (χ4v) is 2.16. The van der Waals surface area contributed by atoms with Crippen LogP contribution in [-0.4, -0.2) is 13.0 Å². The van der Waals surface area contributed by atoms with E-state index < -0.39 is 0 Å². The lowest BCUT2D eigenvalue weighted by Gasteiger charge is -2.07. The molecule has 2 rings (SSSR count). The van der Waals surface area contributed by atoms with Gasteiger partial charge in [0.15, 0.2) is 17.4 Å². The number of furan rings is 1. The van der Waals surface area contributed by atoms with Crippen LogP contribution in [0.3, 0.4) is 0 Å². The highest BCUT2D eigenvalue weighted by Gasteiger charge is 2.23. The van der Waals surface area contributed by atoms with Crippen molar-refractivity contribution in [3.05, 3.63) is 40.0 Å². The van der Waals surface area contributed by atoms with Crippen LogP contribution in [0.25, 0.3) is 11.3 Å². The summed E-state index contributed by atoms with van der Waals surface area (Å²) in [5.41, 5.74) is 2.45. The molecule has 2 aromatic rings. The second kappa shape index (κ2) is 5.53. The number of rotatable bonds is 3. The van der Waals surface area contributed by atoms with Gasteiger partial charge in [0.05, 0.1) is 0 Å². The summed E-state index contributed by atoms with van der Waals surface area (Å²) in [7, 11) is 5.38. The smallest absolute Gasteiger partial charge is 0.374 e. The first-order chi connectivity index (χ1) is 9.90. The van der Waals surface area contributed by atoms with Crippen molar-refractivity contribution in [1.82, 2.24) is 4.98 Å². The number of oxazole rings is 1. The molecule has 6 heteroatoms. The van der Waals surface area contributed by atoms with Crippen molar-refractivity contribution in [1.29, 1.82) is 5.26 Å². The van der Waals surface area contributed by atoms with E-state index in [1.54, 1.807) is 13.8 Å². The van der Waals surface area contributed by atoms with Crippen LogP contribution >= 0.6 is 0 Å². The van der Waals surface area contributed by atoms with Crippen molar-refractivity contribution in [2.45, 2.75) is 34.6 Å². The largest absolute Gasteiger partial charge is 0.564 e. The van der Waals surface area contributed by atoms with E-state index in [0.29, 0.717) is 23.1 Å². The maximum Gasteiger partial charge on any atom is 0.374 e. The SMILES string of the molecule is [B]OC(=C(C#N)c1nc(C)oc1C)c1oc(C)c(C)c1C. The molecule has 2 aromatic heterocycles. The second-order valence-corrected chi connectivity index (χ2v) is 4.81. The molecule has 0 aliphatic rings. The Morgan fingerprint density at radius 3 is 2.14 bits per heavy atom. The van der Waals surface area contributed by atoms with Gasteiger partial charge in [-0.2, -0.15) is 5.26 Å². The summed E-state index contributed by atoms with van der Waals surface area (Å²) >= 11 is 0. The first-order valence-corrected chi connectivity index (χ1v) is 6.43. The van der Waals surface area contributed by atoms with E-state index >= 15 is 0 Å².